The molecule has 0 spiro atoms. The molecule has 6 rings (SSSR count). The van der Waals surface area contributed by atoms with Crippen molar-refractivity contribution in [2.75, 3.05) is 5.75 Å². The van der Waals surface area contributed by atoms with Crippen molar-refractivity contribution in [1.29, 1.82) is 0 Å². The maximum Gasteiger partial charge on any atom is 0.356 e. The Morgan fingerprint density at radius 1 is 1.05 bits per heavy atom. The van der Waals surface area contributed by atoms with Gasteiger partial charge in [0.2, 0.25) is 5.91 Å². The number of ether oxygens (including phenoxy) is 1. The Morgan fingerprint density at radius 3 is 2.52 bits per heavy atom. The minimum atomic E-state index is -0.766. The number of thioether (sulfide) groups is 2. The van der Waals surface area contributed by atoms with Gasteiger partial charge in [-0.3, -0.25) is 24.6 Å². The zero-order valence-corrected chi connectivity index (χ0v) is 24.2. The molecule has 2 atom stereocenters. The van der Waals surface area contributed by atoms with E-state index in [1.165, 1.54) is 64.0 Å². The lowest BCUT2D eigenvalue weighted by Gasteiger charge is -2.49. The predicted molar refractivity (Wildman–Crippen MR) is 161 cm³/mol. The average Bonchev–Trinajstić information content (AvgIpc) is 3.41. The molecule has 1 aromatic heterocycles. The van der Waals surface area contributed by atoms with E-state index in [9.17, 15) is 24.5 Å². The molecular weight excluding hydrogens is 597 g/mol. The van der Waals surface area contributed by atoms with Gasteiger partial charge in [-0.05, 0) is 35.4 Å². The fraction of sp³-hybridized carbons (Fsp3) is 0.172. The smallest absolute Gasteiger partial charge is 0.356 e. The van der Waals surface area contributed by atoms with Gasteiger partial charge < -0.3 is 10.1 Å². The third-order valence-electron chi connectivity index (χ3n) is 6.65. The van der Waals surface area contributed by atoms with E-state index in [-0.39, 0.29) is 30.3 Å². The summed E-state index contributed by atoms with van der Waals surface area (Å²) in [4.78, 5) is 56.8. The molecule has 4 aromatic rings. The number of benzene rings is 3. The standard InChI is InChI=1S/C29H22N4O6S3/c34-23(14-17-6-2-1-3-7-17)31-24-26(35)32-25(28(36)39-15-18-10-12-19(13-11-18)33(37)38)22(16-40-27(24)32)42-29-30-20-8-4-5-9-21(20)41-29/h1-13,24,27H,14-16H2,(H,31,34)/t24?,27-/m0/s1. The Balaban J connectivity index is 1.22. The minimum absolute atomic E-state index is 0.0685. The van der Waals surface area contributed by atoms with Crippen LogP contribution in [0.15, 0.2) is 93.8 Å². The van der Waals surface area contributed by atoms with Crippen molar-refractivity contribution in [1.82, 2.24) is 15.2 Å². The number of carbonyl (C=O) groups is 3. The lowest BCUT2D eigenvalue weighted by molar-refractivity contribution is -0.384. The zero-order valence-electron chi connectivity index (χ0n) is 21.8. The van der Waals surface area contributed by atoms with Crippen LogP contribution < -0.4 is 5.32 Å². The monoisotopic (exact) mass is 618 g/mol. The Bertz CT molecular complexity index is 1690. The molecule has 0 saturated carbocycles. The summed E-state index contributed by atoms with van der Waals surface area (Å²) in [5.41, 5.74) is 2.30. The number of non-ortho nitro benzene ring substituents is 1. The fourth-order valence-corrected chi connectivity index (χ4v) is 8.30. The van der Waals surface area contributed by atoms with Gasteiger partial charge in [0, 0.05) is 22.8 Å². The first-order valence-corrected chi connectivity index (χ1v) is 15.5. The molecule has 2 aliphatic rings. The van der Waals surface area contributed by atoms with Crippen LogP contribution in [0.3, 0.4) is 0 Å². The molecule has 3 aromatic carbocycles. The fourth-order valence-electron chi connectivity index (χ4n) is 4.60. The maximum absolute atomic E-state index is 13.5. The van der Waals surface area contributed by atoms with Crippen LogP contribution in [0.1, 0.15) is 11.1 Å². The van der Waals surface area contributed by atoms with E-state index in [1.54, 1.807) is 0 Å². The molecule has 3 heterocycles. The highest BCUT2D eigenvalue weighted by Gasteiger charge is 2.54. The van der Waals surface area contributed by atoms with Gasteiger partial charge in [0.1, 0.15) is 23.7 Å². The average molecular weight is 619 g/mol. The molecule has 1 unspecified atom stereocenters. The van der Waals surface area contributed by atoms with E-state index < -0.39 is 28.2 Å². The summed E-state index contributed by atoms with van der Waals surface area (Å²) < 4.78 is 7.34. The van der Waals surface area contributed by atoms with Crippen molar-refractivity contribution in [2.45, 2.75) is 28.8 Å². The second kappa shape index (κ2) is 12.0. The molecule has 2 amide bonds. The largest absolute Gasteiger partial charge is 0.456 e. The molecule has 1 fully saturated rings. The Morgan fingerprint density at radius 2 is 1.79 bits per heavy atom. The summed E-state index contributed by atoms with van der Waals surface area (Å²) >= 11 is 4.28. The number of carbonyl (C=O) groups excluding carboxylic acids is 3. The second-order valence-corrected chi connectivity index (χ2v) is 12.9. The minimum Gasteiger partial charge on any atom is -0.456 e. The van der Waals surface area contributed by atoms with Crippen molar-refractivity contribution < 1.29 is 24.0 Å². The molecule has 1 N–H and O–H groups in total. The number of nitrogens with zero attached hydrogens (tertiary/aromatic N) is 3. The summed E-state index contributed by atoms with van der Waals surface area (Å²) in [5, 5.41) is 13.3. The first kappa shape index (κ1) is 27.9. The van der Waals surface area contributed by atoms with Crippen LogP contribution >= 0.6 is 34.9 Å². The van der Waals surface area contributed by atoms with Crippen molar-refractivity contribution >= 4 is 68.5 Å². The number of thiazole rings is 1. The van der Waals surface area contributed by atoms with Gasteiger partial charge in [-0.2, -0.15) is 0 Å². The quantitative estimate of drug-likeness (QED) is 0.120. The third-order valence-corrected chi connectivity index (χ3v) is 10.3. The third kappa shape index (κ3) is 5.75. The first-order valence-electron chi connectivity index (χ1n) is 12.8. The van der Waals surface area contributed by atoms with Crippen molar-refractivity contribution in [3.05, 3.63) is 111 Å². The summed E-state index contributed by atoms with van der Waals surface area (Å²) in [6, 6.07) is 21.9. The Labute approximate surface area is 252 Å². The van der Waals surface area contributed by atoms with Crippen molar-refractivity contribution in [2.24, 2.45) is 0 Å². The summed E-state index contributed by atoms with van der Waals surface area (Å²) in [5.74, 6) is -0.939. The van der Waals surface area contributed by atoms with E-state index >= 15 is 0 Å². The lowest BCUT2D eigenvalue weighted by atomic mass is 10.0. The van der Waals surface area contributed by atoms with Gasteiger partial charge in [0.25, 0.3) is 11.6 Å². The number of nitro benzene ring substituents is 1. The molecule has 0 aliphatic carbocycles. The van der Waals surface area contributed by atoms with Crippen LogP contribution in [0.2, 0.25) is 0 Å². The van der Waals surface area contributed by atoms with Gasteiger partial charge in [-0.1, -0.05) is 54.2 Å². The Hall–Kier alpha value is -4.20. The molecule has 2 aliphatic heterocycles. The van der Waals surface area contributed by atoms with Gasteiger partial charge in [0.15, 0.2) is 4.34 Å². The number of β-lactam (4-membered cyclic amide) rings is 1. The van der Waals surface area contributed by atoms with Crippen LogP contribution in [0, 0.1) is 10.1 Å². The number of esters is 1. The summed E-state index contributed by atoms with van der Waals surface area (Å²) in [7, 11) is 0. The SMILES string of the molecule is O=C(Cc1ccccc1)NC1C(=O)N2C(C(=O)OCc3ccc([N+](=O)[O-])cc3)=C(Sc3nc4ccccc4s3)CS[C@@H]12. The van der Waals surface area contributed by atoms with Crippen LogP contribution in [-0.4, -0.2) is 49.8 Å². The van der Waals surface area contributed by atoms with Crippen LogP contribution in [0.25, 0.3) is 10.2 Å². The van der Waals surface area contributed by atoms with Crippen LogP contribution in [0.4, 0.5) is 5.69 Å². The predicted octanol–water partition coefficient (Wildman–Crippen LogP) is 4.89. The Kier molecular flexibility index (Phi) is 7.96. The van der Waals surface area contributed by atoms with Gasteiger partial charge in [-0.15, -0.1) is 23.1 Å². The van der Waals surface area contributed by atoms with E-state index in [4.69, 9.17) is 4.74 Å². The number of aromatic nitrogens is 1. The molecular formula is C29H22N4O6S3. The van der Waals surface area contributed by atoms with E-state index in [2.05, 4.69) is 10.3 Å². The van der Waals surface area contributed by atoms with E-state index in [0.29, 0.717) is 16.2 Å². The van der Waals surface area contributed by atoms with Gasteiger partial charge in [-0.25, -0.2) is 9.78 Å². The molecule has 212 valence electrons. The van der Waals surface area contributed by atoms with Gasteiger partial charge in [0.05, 0.1) is 21.6 Å². The first-order chi connectivity index (χ1) is 20.4. The van der Waals surface area contributed by atoms with E-state index in [1.807, 2.05) is 54.6 Å². The van der Waals surface area contributed by atoms with Gasteiger partial charge >= 0.3 is 5.97 Å². The second-order valence-electron chi connectivity index (χ2n) is 9.44. The highest BCUT2D eigenvalue weighted by Crippen LogP contribution is 2.46. The van der Waals surface area contributed by atoms with Crippen LogP contribution in [0.5, 0.6) is 0 Å². The number of fused-ring (bicyclic) bond motifs is 2. The number of hydrogen-bond donors (Lipinski definition) is 1. The molecule has 13 heteroatoms. The highest BCUT2D eigenvalue weighted by molar-refractivity contribution is 8.07. The zero-order chi connectivity index (χ0) is 29.2. The topological polar surface area (TPSA) is 132 Å². The van der Waals surface area contributed by atoms with Crippen LogP contribution in [-0.2, 0) is 32.1 Å². The summed E-state index contributed by atoms with van der Waals surface area (Å²) in [6.07, 6.45) is 0.140. The molecule has 0 bridgehead atoms. The molecule has 42 heavy (non-hydrogen) atoms. The van der Waals surface area contributed by atoms with Crippen molar-refractivity contribution in [3.8, 4) is 0 Å². The molecule has 1 saturated heterocycles. The highest BCUT2D eigenvalue weighted by atomic mass is 32.2. The normalized spacial score (nSPS) is 17.9. The number of hydrogen-bond acceptors (Lipinski definition) is 10. The number of nitro groups is 1. The number of rotatable bonds is 9. The number of para-hydroxylation sites is 1. The summed E-state index contributed by atoms with van der Waals surface area (Å²) in [6.45, 7) is -0.128. The molecule has 10 nitrogen and oxygen atoms in total. The van der Waals surface area contributed by atoms with Crippen molar-refractivity contribution in [3.63, 3.8) is 0 Å². The number of amides is 2. The maximum atomic E-state index is 13.5. The van der Waals surface area contributed by atoms with E-state index in [0.717, 1.165) is 20.1 Å². The lowest BCUT2D eigenvalue weighted by Crippen LogP contribution is -2.70. The molecule has 0 radical (unpaired) electrons. The number of nitrogens with one attached hydrogen (secondary N) is 1.